The van der Waals surface area contributed by atoms with Crippen LogP contribution in [-0.4, -0.2) is 34.8 Å². The Bertz CT molecular complexity index is 578. The van der Waals surface area contributed by atoms with Crippen molar-refractivity contribution in [3.63, 3.8) is 0 Å². The van der Waals surface area contributed by atoms with Gasteiger partial charge < -0.3 is 15.7 Å². The molecule has 1 aliphatic carbocycles. The number of hydrogen-bond donors (Lipinski definition) is 3. The van der Waals surface area contributed by atoms with E-state index in [1.165, 1.54) is 11.8 Å². The van der Waals surface area contributed by atoms with Gasteiger partial charge in [0.25, 0.3) is 0 Å². The number of hydrogen-bond acceptors (Lipinski definition) is 4. The molecule has 1 aliphatic heterocycles. The number of aliphatic hydroxyl groups is 1. The van der Waals surface area contributed by atoms with Gasteiger partial charge in [0.05, 0.1) is 17.0 Å². The molecular formula is C16H20N2O3S. The van der Waals surface area contributed by atoms with Gasteiger partial charge in [-0.1, -0.05) is 18.6 Å². The van der Waals surface area contributed by atoms with E-state index >= 15 is 0 Å². The number of rotatable bonds is 4. The van der Waals surface area contributed by atoms with Crippen molar-refractivity contribution in [2.45, 2.75) is 41.9 Å². The molecule has 1 heterocycles. The number of anilines is 1. The predicted molar refractivity (Wildman–Crippen MR) is 85.7 cm³/mol. The first-order valence-corrected chi connectivity index (χ1v) is 8.53. The summed E-state index contributed by atoms with van der Waals surface area (Å²) in [6.45, 7) is 0.496. The van der Waals surface area contributed by atoms with Gasteiger partial charge in [-0.15, -0.1) is 11.8 Å². The van der Waals surface area contributed by atoms with Crippen molar-refractivity contribution in [3.05, 3.63) is 24.3 Å². The topological polar surface area (TPSA) is 78.4 Å². The maximum absolute atomic E-state index is 12.1. The van der Waals surface area contributed by atoms with Crippen molar-refractivity contribution in [1.82, 2.24) is 5.32 Å². The molecule has 3 rings (SSSR count). The van der Waals surface area contributed by atoms with Crippen molar-refractivity contribution in [3.8, 4) is 0 Å². The summed E-state index contributed by atoms with van der Waals surface area (Å²) in [6.07, 6.45) is 2.64. The van der Waals surface area contributed by atoms with Crippen LogP contribution in [0, 0.1) is 5.92 Å². The van der Waals surface area contributed by atoms with E-state index in [2.05, 4.69) is 10.6 Å². The molecule has 0 saturated heterocycles. The molecule has 0 unspecified atom stereocenters. The summed E-state index contributed by atoms with van der Waals surface area (Å²) in [5, 5.41) is 15.0. The quantitative estimate of drug-likeness (QED) is 0.790. The van der Waals surface area contributed by atoms with E-state index in [1.54, 1.807) is 0 Å². The third kappa shape index (κ3) is 3.44. The molecule has 0 radical (unpaired) electrons. The van der Waals surface area contributed by atoms with Crippen LogP contribution < -0.4 is 10.6 Å². The van der Waals surface area contributed by atoms with Gasteiger partial charge in [-0.3, -0.25) is 9.59 Å². The van der Waals surface area contributed by atoms with Crippen LogP contribution in [0.3, 0.4) is 0 Å². The zero-order valence-corrected chi connectivity index (χ0v) is 13.1. The summed E-state index contributed by atoms with van der Waals surface area (Å²) in [4.78, 5) is 25.1. The van der Waals surface area contributed by atoms with Crippen molar-refractivity contribution in [2.75, 3.05) is 11.9 Å². The summed E-state index contributed by atoms with van der Waals surface area (Å²) in [6, 6.07) is 7.60. The van der Waals surface area contributed by atoms with Crippen LogP contribution in [-0.2, 0) is 9.59 Å². The fraction of sp³-hybridized carbons (Fsp3) is 0.500. The lowest BCUT2D eigenvalue weighted by atomic mass is 10.1. The highest BCUT2D eigenvalue weighted by molar-refractivity contribution is 8.01. The van der Waals surface area contributed by atoms with E-state index in [0.717, 1.165) is 29.8 Å². The van der Waals surface area contributed by atoms with Gasteiger partial charge in [-0.2, -0.15) is 0 Å². The average Bonchev–Trinajstić information content (AvgIpc) is 2.91. The van der Waals surface area contributed by atoms with Crippen LogP contribution in [0.25, 0.3) is 0 Å². The number of para-hydroxylation sites is 1. The van der Waals surface area contributed by atoms with E-state index in [9.17, 15) is 14.7 Å². The second kappa shape index (κ2) is 6.71. The third-order valence-corrected chi connectivity index (χ3v) is 5.53. The van der Waals surface area contributed by atoms with Gasteiger partial charge in [0.1, 0.15) is 0 Å². The molecule has 1 saturated carbocycles. The fourth-order valence-corrected chi connectivity index (χ4v) is 4.08. The number of amides is 2. The van der Waals surface area contributed by atoms with Crippen LogP contribution in [0.2, 0.25) is 0 Å². The van der Waals surface area contributed by atoms with Crippen molar-refractivity contribution < 1.29 is 14.7 Å². The smallest absolute Gasteiger partial charge is 0.238 e. The molecule has 3 atom stereocenters. The number of carbonyl (C=O) groups is 2. The number of aliphatic hydroxyl groups excluding tert-OH is 1. The Labute approximate surface area is 133 Å². The summed E-state index contributed by atoms with van der Waals surface area (Å²) in [7, 11) is 0. The molecule has 2 amide bonds. The predicted octanol–water partition coefficient (Wildman–Crippen LogP) is 1.77. The Kier molecular flexibility index (Phi) is 4.69. The standard InChI is InChI=1S/C16H20N2O3S/c19-12-6-3-4-10(12)9-17-15(20)8-14-16(21)18-11-5-1-2-7-13(11)22-14/h1-2,5,7,10,12,14,19H,3-4,6,8-9H2,(H,17,20)(H,18,21)/t10-,12+,14-/m0/s1. The first kappa shape index (κ1) is 15.4. The molecule has 3 N–H and O–H groups in total. The minimum atomic E-state index is -0.400. The van der Waals surface area contributed by atoms with Gasteiger partial charge in [0.2, 0.25) is 11.8 Å². The average molecular weight is 320 g/mol. The molecule has 22 heavy (non-hydrogen) atoms. The van der Waals surface area contributed by atoms with Crippen molar-refractivity contribution in [2.24, 2.45) is 5.92 Å². The molecule has 0 bridgehead atoms. The van der Waals surface area contributed by atoms with Gasteiger partial charge in [0.15, 0.2) is 0 Å². The highest BCUT2D eigenvalue weighted by Gasteiger charge is 2.30. The molecular weight excluding hydrogens is 300 g/mol. The van der Waals surface area contributed by atoms with Crippen LogP contribution in [0.1, 0.15) is 25.7 Å². The SMILES string of the molecule is O=C(C[C@@H]1Sc2ccccc2NC1=O)NC[C@@H]1CCC[C@H]1O. The number of fused-ring (bicyclic) bond motifs is 1. The fourth-order valence-electron chi connectivity index (χ4n) is 2.97. The second-order valence-electron chi connectivity index (χ2n) is 5.86. The van der Waals surface area contributed by atoms with Crippen LogP contribution in [0.5, 0.6) is 0 Å². The van der Waals surface area contributed by atoms with Crippen LogP contribution in [0.15, 0.2) is 29.2 Å². The highest BCUT2D eigenvalue weighted by Crippen LogP contribution is 2.36. The maximum Gasteiger partial charge on any atom is 0.238 e. The summed E-state index contributed by atoms with van der Waals surface area (Å²) < 4.78 is 0. The zero-order valence-electron chi connectivity index (χ0n) is 12.2. The molecule has 118 valence electrons. The van der Waals surface area contributed by atoms with E-state index in [4.69, 9.17) is 0 Å². The van der Waals surface area contributed by atoms with Crippen LogP contribution >= 0.6 is 11.8 Å². The number of nitrogens with one attached hydrogen (secondary N) is 2. The Morgan fingerprint density at radius 2 is 2.18 bits per heavy atom. The van der Waals surface area contributed by atoms with Gasteiger partial charge in [0, 0.05) is 23.8 Å². The summed E-state index contributed by atoms with van der Waals surface area (Å²) in [5.41, 5.74) is 0.809. The molecule has 5 nitrogen and oxygen atoms in total. The number of thioether (sulfide) groups is 1. The zero-order chi connectivity index (χ0) is 15.5. The van der Waals surface area contributed by atoms with Gasteiger partial charge >= 0.3 is 0 Å². The minimum absolute atomic E-state index is 0.125. The number of carbonyl (C=O) groups excluding carboxylic acids is 2. The lowest BCUT2D eigenvalue weighted by Crippen LogP contribution is -2.37. The monoisotopic (exact) mass is 320 g/mol. The van der Waals surface area contributed by atoms with E-state index in [0.29, 0.717) is 6.54 Å². The highest BCUT2D eigenvalue weighted by atomic mass is 32.2. The molecule has 1 fully saturated rings. The molecule has 1 aromatic carbocycles. The molecule has 0 spiro atoms. The van der Waals surface area contributed by atoms with E-state index in [-0.39, 0.29) is 30.3 Å². The maximum atomic E-state index is 12.1. The molecule has 1 aromatic rings. The van der Waals surface area contributed by atoms with Crippen LogP contribution in [0.4, 0.5) is 5.69 Å². The van der Waals surface area contributed by atoms with Gasteiger partial charge in [-0.05, 0) is 25.0 Å². The second-order valence-corrected chi connectivity index (χ2v) is 7.10. The Hall–Kier alpha value is -1.53. The van der Waals surface area contributed by atoms with E-state index < -0.39 is 5.25 Å². The normalized spacial score (nSPS) is 27.1. The van der Waals surface area contributed by atoms with E-state index in [1.807, 2.05) is 24.3 Å². The largest absolute Gasteiger partial charge is 0.393 e. The van der Waals surface area contributed by atoms with Crippen molar-refractivity contribution in [1.29, 1.82) is 0 Å². The first-order chi connectivity index (χ1) is 10.6. The number of benzene rings is 1. The summed E-state index contributed by atoms with van der Waals surface area (Å²) >= 11 is 1.43. The molecule has 0 aromatic heterocycles. The first-order valence-electron chi connectivity index (χ1n) is 7.65. The Morgan fingerprint density at radius 1 is 1.36 bits per heavy atom. The van der Waals surface area contributed by atoms with Crippen molar-refractivity contribution >= 4 is 29.3 Å². The Balaban J connectivity index is 1.52. The molecule has 2 aliphatic rings. The minimum Gasteiger partial charge on any atom is -0.393 e. The lowest BCUT2D eigenvalue weighted by Gasteiger charge is -2.24. The third-order valence-electron chi connectivity index (χ3n) is 4.26. The van der Waals surface area contributed by atoms with Gasteiger partial charge in [-0.25, -0.2) is 0 Å². The Morgan fingerprint density at radius 3 is 2.95 bits per heavy atom. The summed E-state index contributed by atoms with van der Waals surface area (Å²) in [5.74, 6) is -0.108. The lowest BCUT2D eigenvalue weighted by molar-refractivity contribution is -0.124. The molecule has 6 heteroatoms.